The van der Waals surface area contributed by atoms with Gasteiger partial charge in [-0.25, -0.2) is 4.98 Å². The van der Waals surface area contributed by atoms with Gasteiger partial charge in [-0.1, -0.05) is 11.6 Å². The minimum Gasteiger partial charge on any atom is -0.384 e. The fourth-order valence-electron chi connectivity index (χ4n) is 1.87. The molecule has 5 heteroatoms. The Hall–Kier alpha value is -2.30. The highest BCUT2D eigenvalue weighted by Gasteiger charge is 2.11. The van der Waals surface area contributed by atoms with E-state index in [-0.39, 0.29) is 0 Å². The van der Waals surface area contributed by atoms with Crippen LogP contribution in [0.1, 0.15) is 30.1 Å². The van der Waals surface area contributed by atoms with E-state index in [2.05, 4.69) is 23.3 Å². The van der Waals surface area contributed by atoms with E-state index >= 15 is 0 Å². The van der Waals surface area contributed by atoms with Crippen molar-refractivity contribution in [1.29, 1.82) is 0 Å². The summed E-state index contributed by atoms with van der Waals surface area (Å²) in [5, 5.41) is 3.17. The van der Waals surface area contributed by atoms with Crippen molar-refractivity contribution in [1.82, 2.24) is 4.98 Å². The number of pyridine rings is 1. The lowest BCUT2D eigenvalue weighted by Crippen LogP contribution is -2.15. The van der Waals surface area contributed by atoms with Gasteiger partial charge in [-0.15, -0.1) is 0 Å². The van der Waals surface area contributed by atoms with E-state index in [1.54, 1.807) is 6.07 Å². The van der Waals surface area contributed by atoms with E-state index in [0.29, 0.717) is 17.1 Å². The fourth-order valence-corrected chi connectivity index (χ4v) is 1.87. The van der Waals surface area contributed by atoms with Gasteiger partial charge >= 0.3 is 0 Å². The van der Waals surface area contributed by atoms with Crippen molar-refractivity contribution in [3.8, 4) is 0 Å². The van der Waals surface area contributed by atoms with Crippen LogP contribution in [0.3, 0.4) is 0 Å². The molecule has 0 aromatic carbocycles. The van der Waals surface area contributed by atoms with Gasteiger partial charge < -0.3 is 16.8 Å². The zero-order valence-corrected chi connectivity index (χ0v) is 10.2. The Morgan fingerprint density at radius 2 is 2.28 bits per heavy atom. The van der Waals surface area contributed by atoms with Crippen LogP contribution >= 0.6 is 0 Å². The van der Waals surface area contributed by atoms with Gasteiger partial charge in [0.15, 0.2) is 0 Å². The number of nitrogens with two attached hydrogens (primary N) is 2. The van der Waals surface area contributed by atoms with Crippen LogP contribution in [0.2, 0.25) is 0 Å². The first-order valence-electron chi connectivity index (χ1n) is 5.76. The number of nitrogens with one attached hydrogen (secondary N) is 1. The molecule has 0 spiro atoms. The first-order chi connectivity index (χ1) is 8.56. The zero-order chi connectivity index (χ0) is 13.1. The lowest BCUT2D eigenvalue weighted by Gasteiger charge is -2.15. The Morgan fingerprint density at radius 3 is 2.94 bits per heavy atom. The third kappa shape index (κ3) is 2.68. The van der Waals surface area contributed by atoms with E-state index in [9.17, 15) is 4.79 Å². The molecule has 0 radical (unpaired) electrons. The van der Waals surface area contributed by atoms with Crippen LogP contribution in [0.15, 0.2) is 35.7 Å². The van der Waals surface area contributed by atoms with Crippen molar-refractivity contribution in [2.45, 2.75) is 19.8 Å². The van der Waals surface area contributed by atoms with E-state index in [4.69, 9.17) is 11.5 Å². The quantitative estimate of drug-likeness (QED) is 0.755. The summed E-state index contributed by atoms with van der Waals surface area (Å²) in [5.74, 6) is -0.179. The maximum atomic E-state index is 11.3. The summed E-state index contributed by atoms with van der Waals surface area (Å²) in [6.45, 7) is 2.07. The number of rotatable bonds is 3. The average Bonchev–Trinajstić information content (AvgIpc) is 2.28. The highest BCUT2D eigenvalue weighted by Crippen LogP contribution is 2.22. The Kier molecular flexibility index (Phi) is 3.32. The summed E-state index contributed by atoms with van der Waals surface area (Å²) in [5.41, 5.74) is 14.1. The minimum atomic E-state index is -0.526. The minimum absolute atomic E-state index is 0.335. The van der Waals surface area contributed by atoms with Gasteiger partial charge in [-0.3, -0.25) is 4.79 Å². The summed E-state index contributed by atoms with van der Waals surface area (Å²) >= 11 is 0. The normalized spacial score (nSPS) is 14.7. The average molecular weight is 244 g/mol. The molecule has 5 N–H and O–H groups in total. The lowest BCUT2D eigenvalue weighted by atomic mass is 10.0. The molecule has 0 saturated carbocycles. The van der Waals surface area contributed by atoms with Gasteiger partial charge in [0.25, 0.3) is 5.91 Å². The van der Waals surface area contributed by atoms with Crippen LogP contribution < -0.4 is 16.8 Å². The predicted molar refractivity (Wildman–Crippen MR) is 71.9 cm³/mol. The van der Waals surface area contributed by atoms with Crippen molar-refractivity contribution >= 4 is 17.4 Å². The number of primary amides is 1. The highest BCUT2D eigenvalue weighted by molar-refractivity contribution is 5.98. The number of aromatic nitrogens is 1. The molecule has 1 aromatic rings. The molecule has 1 aliphatic rings. The van der Waals surface area contributed by atoms with Crippen LogP contribution in [0.25, 0.3) is 0 Å². The molecule has 0 aliphatic heterocycles. The maximum absolute atomic E-state index is 11.3. The van der Waals surface area contributed by atoms with Crippen LogP contribution in [-0.2, 0) is 0 Å². The molecule has 0 atom stereocenters. The summed E-state index contributed by atoms with van der Waals surface area (Å²) in [7, 11) is 0. The third-order valence-electron chi connectivity index (χ3n) is 2.77. The van der Waals surface area contributed by atoms with Gasteiger partial charge in [0.05, 0.1) is 11.3 Å². The second-order valence-corrected chi connectivity index (χ2v) is 4.33. The number of carbonyl (C=O) groups excluding carboxylic acids is 1. The molecule has 1 aliphatic carbocycles. The number of hydrogen-bond acceptors (Lipinski definition) is 4. The first kappa shape index (κ1) is 12.2. The molecule has 0 saturated heterocycles. The second kappa shape index (κ2) is 4.91. The molecule has 1 heterocycles. The molecule has 0 bridgehead atoms. The summed E-state index contributed by atoms with van der Waals surface area (Å²) in [6, 6.07) is 1.61. The molecule has 1 aromatic heterocycles. The summed E-state index contributed by atoms with van der Waals surface area (Å²) in [4.78, 5) is 15.2. The van der Waals surface area contributed by atoms with Gasteiger partial charge in [0, 0.05) is 18.0 Å². The standard InChI is InChI=1S/C13H16N4O/c1-8-3-2-4-9(5-8)17-11-6-12(14)16-7-10(11)13(15)18/h4-7H,2-3H2,1H3,(H2,15,18)(H3,14,16,17). The van der Waals surface area contributed by atoms with Crippen molar-refractivity contribution in [3.63, 3.8) is 0 Å². The molecular formula is C13H16N4O. The van der Waals surface area contributed by atoms with Crippen LogP contribution in [0, 0.1) is 0 Å². The number of amides is 1. The molecule has 5 nitrogen and oxygen atoms in total. The zero-order valence-electron chi connectivity index (χ0n) is 10.2. The Bertz CT molecular complexity index is 546. The Labute approximate surface area is 106 Å². The van der Waals surface area contributed by atoms with Crippen LogP contribution in [-0.4, -0.2) is 10.9 Å². The number of carbonyl (C=O) groups is 1. The van der Waals surface area contributed by atoms with Gasteiger partial charge in [0.2, 0.25) is 0 Å². The van der Waals surface area contributed by atoms with E-state index in [1.807, 2.05) is 6.08 Å². The van der Waals surface area contributed by atoms with Gasteiger partial charge in [-0.05, 0) is 25.8 Å². The molecule has 1 amide bonds. The number of allylic oxidation sites excluding steroid dienone is 3. The van der Waals surface area contributed by atoms with Gasteiger partial charge in [0.1, 0.15) is 5.82 Å². The third-order valence-corrected chi connectivity index (χ3v) is 2.77. The maximum Gasteiger partial charge on any atom is 0.252 e. The number of anilines is 2. The SMILES string of the molecule is CC1=CC(Nc2cc(N)ncc2C(N)=O)=CCC1. The Morgan fingerprint density at radius 1 is 1.50 bits per heavy atom. The summed E-state index contributed by atoms with van der Waals surface area (Å²) < 4.78 is 0. The largest absolute Gasteiger partial charge is 0.384 e. The van der Waals surface area contributed by atoms with Crippen LogP contribution in [0.4, 0.5) is 11.5 Å². The molecular weight excluding hydrogens is 228 g/mol. The lowest BCUT2D eigenvalue weighted by molar-refractivity contribution is 0.100. The van der Waals surface area contributed by atoms with E-state index < -0.39 is 5.91 Å². The fraction of sp³-hybridized carbons (Fsp3) is 0.231. The van der Waals surface area contributed by atoms with Crippen molar-refractivity contribution < 1.29 is 4.79 Å². The molecule has 94 valence electrons. The number of nitrogen functional groups attached to an aromatic ring is 1. The monoisotopic (exact) mass is 244 g/mol. The van der Waals surface area contributed by atoms with E-state index in [1.165, 1.54) is 11.8 Å². The highest BCUT2D eigenvalue weighted by atomic mass is 16.1. The number of nitrogens with zero attached hydrogens (tertiary/aromatic N) is 1. The predicted octanol–water partition coefficient (Wildman–Crippen LogP) is 1.80. The van der Waals surface area contributed by atoms with Crippen molar-refractivity contribution in [2.75, 3.05) is 11.1 Å². The molecule has 0 fully saturated rings. The molecule has 18 heavy (non-hydrogen) atoms. The van der Waals surface area contributed by atoms with Crippen molar-refractivity contribution in [2.24, 2.45) is 5.73 Å². The second-order valence-electron chi connectivity index (χ2n) is 4.33. The first-order valence-corrected chi connectivity index (χ1v) is 5.76. The molecule has 2 rings (SSSR count). The molecule has 0 unspecified atom stereocenters. The number of hydrogen-bond donors (Lipinski definition) is 3. The van der Waals surface area contributed by atoms with Gasteiger partial charge in [-0.2, -0.15) is 0 Å². The van der Waals surface area contributed by atoms with E-state index in [0.717, 1.165) is 18.5 Å². The topological polar surface area (TPSA) is 94.0 Å². The van der Waals surface area contributed by atoms with Crippen molar-refractivity contribution in [3.05, 3.63) is 41.2 Å². The summed E-state index contributed by atoms with van der Waals surface area (Å²) in [6.07, 6.45) is 7.56. The smallest absolute Gasteiger partial charge is 0.252 e. The Balaban J connectivity index is 2.31. The van der Waals surface area contributed by atoms with Crippen LogP contribution in [0.5, 0.6) is 0 Å².